The molecule has 0 aromatic carbocycles. The molecule has 0 saturated carbocycles. The predicted molar refractivity (Wildman–Crippen MR) is 105 cm³/mol. The molecule has 0 aliphatic carbocycles. The van der Waals surface area contributed by atoms with Crippen molar-refractivity contribution in [3.05, 3.63) is 0 Å². The molecule has 0 aromatic rings. The minimum Gasteiger partial charge on any atom is -0.480 e. The largest absolute Gasteiger partial charge is 0.480 e. The van der Waals surface area contributed by atoms with E-state index in [9.17, 15) is 24.0 Å². The lowest BCUT2D eigenvalue weighted by Gasteiger charge is -2.32. The Morgan fingerprint density at radius 1 is 1.07 bits per heavy atom. The molecule has 2 saturated heterocycles. The summed E-state index contributed by atoms with van der Waals surface area (Å²) in [4.78, 5) is 63.1. The number of nitrogens with zero attached hydrogens (tertiary/aromatic N) is 2. The molecule has 2 fully saturated rings. The molecule has 0 spiro atoms. The van der Waals surface area contributed by atoms with Crippen LogP contribution in [0.1, 0.15) is 32.1 Å². The van der Waals surface area contributed by atoms with E-state index in [-0.39, 0.29) is 18.1 Å². The second kappa shape index (κ2) is 9.92. The number of thiol groups is 1. The summed E-state index contributed by atoms with van der Waals surface area (Å²) in [5.41, 5.74) is 10.8. The zero-order chi connectivity index (χ0) is 21.7. The van der Waals surface area contributed by atoms with Crippen molar-refractivity contribution in [1.82, 2.24) is 15.1 Å². The fourth-order valence-corrected chi connectivity index (χ4v) is 4.00. The van der Waals surface area contributed by atoms with Crippen molar-refractivity contribution in [3.8, 4) is 0 Å². The Morgan fingerprint density at radius 3 is 2.21 bits per heavy atom. The summed E-state index contributed by atoms with van der Waals surface area (Å²) in [6.45, 7) is 0.661. The van der Waals surface area contributed by atoms with Crippen LogP contribution in [-0.4, -0.2) is 87.5 Å². The first-order valence-corrected chi connectivity index (χ1v) is 10.1. The highest BCUT2D eigenvalue weighted by atomic mass is 32.1. The van der Waals surface area contributed by atoms with Crippen LogP contribution in [0, 0.1) is 0 Å². The van der Waals surface area contributed by atoms with Gasteiger partial charge in [0.15, 0.2) is 0 Å². The van der Waals surface area contributed by atoms with Gasteiger partial charge in [0.1, 0.15) is 18.1 Å². The van der Waals surface area contributed by atoms with Crippen LogP contribution in [-0.2, 0) is 24.0 Å². The molecule has 11 nitrogen and oxygen atoms in total. The predicted octanol–water partition coefficient (Wildman–Crippen LogP) is -2.33. The SMILES string of the molecule is NC(=O)CC(N)C(=O)N1CCCC1C(=O)N1CCCC1C(=O)NC(CS)C(=O)O. The zero-order valence-electron chi connectivity index (χ0n) is 16.0. The zero-order valence-corrected chi connectivity index (χ0v) is 16.8. The van der Waals surface area contributed by atoms with Gasteiger partial charge in [-0.1, -0.05) is 0 Å². The van der Waals surface area contributed by atoms with E-state index in [0.717, 1.165) is 0 Å². The van der Waals surface area contributed by atoms with Crippen LogP contribution >= 0.6 is 12.6 Å². The Morgan fingerprint density at radius 2 is 1.66 bits per heavy atom. The topological polar surface area (TPSA) is 176 Å². The number of likely N-dealkylation sites (tertiary alicyclic amines) is 2. The van der Waals surface area contributed by atoms with Crippen molar-refractivity contribution in [1.29, 1.82) is 0 Å². The summed E-state index contributed by atoms with van der Waals surface area (Å²) in [5.74, 6) is -3.46. The van der Waals surface area contributed by atoms with Gasteiger partial charge < -0.3 is 31.7 Å². The third kappa shape index (κ3) is 5.38. The second-order valence-electron chi connectivity index (χ2n) is 7.24. The quantitative estimate of drug-likeness (QED) is 0.269. The number of primary amides is 1. The van der Waals surface area contributed by atoms with Gasteiger partial charge >= 0.3 is 5.97 Å². The molecule has 4 amide bonds. The van der Waals surface area contributed by atoms with Crippen molar-refractivity contribution in [2.24, 2.45) is 11.5 Å². The normalized spacial score (nSPS) is 23.5. The summed E-state index contributed by atoms with van der Waals surface area (Å²) in [6.07, 6.45) is 1.69. The van der Waals surface area contributed by atoms with Gasteiger partial charge in [0.2, 0.25) is 23.6 Å². The number of rotatable bonds is 8. The van der Waals surface area contributed by atoms with Gasteiger partial charge in [0, 0.05) is 18.8 Å². The number of carboxylic acids is 1. The molecule has 6 N–H and O–H groups in total. The maximum atomic E-state index is 13.1. The molecule has 2 aliphatic rings. The molecule has 0 bridgehead atoms. The van der Waals surface area contributed by atoms with Crippen LogP contribution in [0.15, 0.2) is 0 Å². The average Bonchev–Trinajstić information content (AvgIpc) is 3.33. The third-order valence-corrected chi connectivity index (χ3v) is 5.56. The van der Waals surface area contributed by atoms with Crippen LogP contribution in [0.2, 0.25) is 0 Å². The molecule has 2 heterocycles. The molecular formula is C17H27N5O6S. The number of amides is 4. The Kier molecular flexibility index (Phi) is 7.85. The maximum absolute atomic E-state index is 13.1. The highest BCUT2D eigenvalue weighted by molar-refractivity contribution is 7.80. The van der Waals surface area contributed by atoms with E-state index in [2.05, 4.69) is 17.9 Å². The van der Waals surface area contributed by atoms with Gasteiger partial charge in [-0.15, -0.1) is 0 Å². The number of carbonyl (C=O) groups excluding carboxylic acids is 4. The van der Waals surface area contributed by atoms with Crippen molar-refractivity contribution >= 4 is 42.2 Å². The average molecular weight is 429 g/mol. The van der Waals surface area contributed by atoms with E-state index in [1.807, 2.05) is 0 Å². The number of carbonyl (C=O) groups is 5. The number of carboxylic acid groups (broad SMARTS) is 1. The summed E-state index contributed by atoms with van der Waals surface area (Å²) in [5, 5.41) is 11.5. The van der Waals surface area contributed by atoms with Crippen molar-refractivity contribution in [3.63, 3.8) is 0 Å². The van der Waals surface area contributed by atoms with Gasteiger partial charge in [-0.2, -0.15) is 12.6 Å². The Hall–Kier alpha value is -2.34. The molecule has 162 valence electrons. The highest BCUT2D eigenvalue weighted by Crippen LogP contribution is 2.25. The summed E-state index contributed by atoms with van der Waals surface area (Å²) in [6, 6.07) is -3.85. The fraction of sp³-hybridized carbons (Fsp3) is 0.706. The molecule has 4 unspecified atom stereocenters. The van der Waals surface area contributed by atoms with Crippen LogP contribution < -0.4 is 16.8 Å². The van der Waals surface area contributed by atoms with Crippen molar-refractivity contribution < 1.29 is 29.1 Å². The van der Waals surface area contributed by atoms with Gasteiger partial charge in [-0.3, -0.25) is 19.2 Å². The molecule has 2 rings (SSSR count). The number of aliphatic carboxylic acids is 1. The molecule has 12 heteroatoms. The van der Waals surface area contributed by atoms with Gasteiger partial charge in [-0.25, -0.2) is 4.79 Å². The van der Waals surface area contributed by atoms with Crippen LogP contribution in [0.25, 0.3) is 0 Å². The van der Waals surface area contributed by atoms with Crippen LogP contribution in [0.3, 0.4) is 0 Å². The molecular weight excluding hydrogens is 402 g/mol. The molecule has 0 aromatic heterocycles. The number of hydrogen-bond acceptors (Lipinski definition) is 7. The van der Waals surface area contributed by atoms with E-state index in [1.54, 1.807) is 0 Å². The first kappa shape index (κ1) is 22.9. The molecule has 2 aliphatic heterocycles. The lowest BCUT2D eigenvalue weighted by Crippen LogP contribution is -2.56. The first-order valence-electron chi connectivity index (χ1n) is 9.46. The number of nitrogens with two attached hydrogens (primary N) is 2. The maximum Gasteiger partial charge on any atom is 0.327 e. The Bertz CT molecular complexity index is 689. The highest BCUT2D eigenvalue weighted by Gasteiger charge is 2.43. The number of nitrogens with one attached hydrogen (secondary N) is 1. The van der Waals surface area contributed by atoms with Gasteiger partial charge in [0.05, 0.1) is 12.5 Å². The smallest absolute Gasteiger partial charge is 0.327 e. The van der Waals surface area contributed by atoms with Gasteiger partial charge in [-0.05, 0) is 25.7 Å². The monoisotopic (exact) mass is 429 g/mol. The van der Waals surface area contributed by atoms with Crippen LogP contribution in [0.5, 0.6) is 0 Å². The summed E-state index contributed by atoms with van der Waals surface area (Å²) < 4.78 is 0. The van der Waals surface area contributed by atoms with Crippen molar-refractivity contribution in [2.45, 2.75) is 56.3 Å². The minimum atomic E-state index is -1.21. The lowest BCUT2D eigenvalue weighted by molar-refractivity contribution is -0.148. The van der Waals surface area contributed by atoms with Crippen LogP contribution in [0.4, 0.5) is 0 Å². The number of hydrogen-bond donors (Lipinski definition) is 5. The second-order valence-corrected chi connectivity index (χ2v) is 7.60. The summed E-state index contributed by atoms with van der Waals surface area (Å²) >= 11 is 3.92. The van der Waals surface area contributed by atoms with E-state index < -0.39 is 47.9 Å². The summed E-state index contributed by atoms with van der Waals surface area (Å²) in [7, 11) is 0. The van der Waals surface area contributed by atoms with E-state index >= 15 is 0 Å². The minimum absolute atomic E-state index is 0.0790. The Labute approximate surface area is 173 Å². The third-order valence-electron chi connectivity index (χ3n) is 5.19. The van der Waals surface area contributed by atoms with E-state index in [4.69, 9.17) is 16.6 Å². The Balaban J connectivity index is 2.08. The standard InChI is InChI=1S/C17H27N5O6S/c18-9(7-13(19)23)15(25)22-6-2-4-12(22)16(26)21-5-1-3-11(21)14(24)20-10(8-29)17(27)28/h9-12,29H,1-8,18H2,(H2,19,23)(H,20,24)(H,27,28). The molecule has 29 heavy (non-hydrogen) atoms. The van der Waals surface area contributed by atoms with E-state index in [0.29, 0.717) is 38.8 Å². The first-order chi connectivity index (χ1) is 13.7. The lowest BCUT2D eigenvalue weighted by atomic mass is 10.1. The molecule has 0 radical (unpaired) electrons. The molecule has 4 atom stereocenters. The van der Waals surface area contributed by atoms with Crippen molar-refractivity contribution in [2.75, 3.05) is 18.8 Å². The van der Waals surface area contributed by atoms with Gasteiger partial charge in [0.25, 0.3) is 0 Å². The fourth-order valence-electron chi connectivity index (χ4n) is 3.75. The van der Waals surface area contributed by atoms with E-state index in [1.165, 1.54) is 9.80 Å².